The maximum Gasteiger partial charge on any atom is 0.413 e. The molecule has 0 atom stereocenters. The lowest BCUT2D eigenvalue weighted by atomic mass is 9.91. The van der Waals surface area contributed by atoms with Gasteiger partial charge in [-0.1, -0.05) is 42.5 Å². The number of hydrogen-bond donors (Lipinski definition) is 0. The summed E-state index contributed by atoms with van der Waals surface area (Å²) in [5.41, 5.74) is -0.129. The number of benzene rings is 2. The maximum absolute atomic E-state index is 13.5. The first kappa shape index (κ1) is 16.8. The van der Waals surface area contributed by atoms with E-state index in [1.165, 1.54) is 13.2 Å². The standard InChI is InChI=1S/C18H15F3O2/c1-23-15-9-5-8-14(12-15)17(13-6-3-2-4-7-13)16(10-11-22)18(19,20)21/h2-9,11-12H,10H2,1H3/b17-16+. The maximum atomic E-state index is 13.5. The molecule has 0 radical (unpaired) electrons. The molecule has 5 heteroatoms. The molecule has 2 rings (SSSR count). The summed E-state index contributed by atoms with van der Waals surface area (Å²) >= 11 is 0. The first-order valence-electron chi connectivity index (χ1n) is 6.91. The van der Waals surface area contributed by atoms with Crippen molar-refractivity contribution in [1.82, 2.24) is 0 Å². The van der Waals surface area contributed by atoms with Gasteiger partial charge in [-0.2, -0.15) is 13.2 Å². The van der Waals surface area contributed by atoms with Gasteiger partial charge in [-0.15, -0.1) is 0 Å². The Hall–Kier alpha value is -2.56. The molecule has 0 N–H and O–H groups in total. The highest BCUT2D eigenvalue weighted by Crippen LogP contribution is 2.38. The number of carbonyl (C=O) groups is 1. The third kappa shape index (κ3) is 4.00. The largest absolute Gasteiger partial charge is 0.497 e. The van der Waals surface area contributed by atoms with Gasteiger partial charge in [0.2, 0.25) is 0 Å². The summed E-state index contributed by atoms with van der Waals surface area (Å²) in [6.45, 7) is 0. The normalized spacial score (nSPS) is 12.5. The zero-order valence-corrected chi connectivity index (χ0v) is 12.4. The van der Waals surface area contributed by atoms with Gasteiger partial charge in [0, 0.05) is 12.0 Å². The summed E-state index contributed by atoms with van der Waals surface area (Å²) in [6, 6.07) is 14.6. The van der Waals surface area contributed by atoms with Crippen molar-refractivity contribution in [2.45, 2.75) is 12.6 Å². The van der Waals surface area contributed by atoms with Crippen molar-refractivity contribution in [3.63, 3.8) is 0 Å². The molecule has 0 spiro atoms. The molecule has 0 aliphatic carbocycles. The summed E-state index contributed by atoms with van der Waals surface area (Å²) in [7, 11) is 1.45. The summed E-state index contributed by atoms with van der Waals surface area (Å²) in [5, 5.41) is 0. The van der Waals surface area contributed by atoms with Gasteiger partial charge >= 0.3 is 6.18 Å². The van der Waals surface area contributed by atoms with Gasteiger partial charge in [0.1, 0.15) is 12.0 Å². The minimum absolute atomic E-state index is 0.0101. The number of methoxy groups -OCH3 is 1. The summed E-state index contributed by atoms with van der Waals surface area (Å²) in [4.78, 5) is 10.8. The van der Waals surface area contributed by atoms with Crippen LogP contribution in [-0.2, 0) is 4.79 Å². The highest BCUT2D eigenvalue weighted by atomic mass is 19.4. The SMILES string of the molecule is COc1cccc(/C(=C(\CC=O)C(F)(F)F)c2ccccc2)c1. The predicted molar refractivity (Wildman–Crippen MR) is 82.2 cm³/mol. The van der Waals surface area contributed by atoms with Crippen LogP contribution >= 0.6 is 0 Å². The summed E-state index contributed by atoms with van der Waals surface area (Å²) in [5.74, 6) is 0.448. The van der Waals surface area contributed by atoms with Gasteiger partial charge in [0.25, 0.3) is 0 Å². The quantitative estimate of drug-likeness (QED) is 0.750. The fraction of sp³-hybridized carbons (Fsp3) is 0.167. The van der Waals surface area contributed by atoms with Crippen molar-refractivity contribution in [2.75, 3.05) is 7.11 Å². The van der Waals surface area contributed by atoms with E-state index in [0.29, 0.717) is 16.9 Å². The van der Waals surface area contributed by atoms with Gasteiger partial charge in [-0.05, 0) is 28.8 Å². The monoisotopic (exact) mass is 320 g/mol. The number of alkyl halides is 3. The Morgan fingerprint density at radius 1 is 1.04 bits per heavy atom. The second-order valence-electron chi connectivity index (χ2n) is 4.82. The van der Waals surface area contributed by atoms with Crippen LogP contribution in [-0.4, -0.2) is 19.6 Å². The number of rotatable bonds is 5. The minimum Gasteiger partial charge on any atom is -0.497 e. The first-order valence-corrected chi connectivity index (χ1v) is 6.91. The van der Waals surface area contributed by atoms with E-state index in [1.807, 2.05) is 0 Å². The molecule has 2 nitrogen and oxygen atoms in total. The van der Waals surface area contributed by atoms with E-state index in [4.69, 9.17) is 4.74 Å². The van der Waals surface area contributed by atoms with E-state index >= 15 is 0 Å². The lowest BCUT2D eigenvalue weighted by Crippen LogP contribution is -2.15. The van der Waals surface area contributed by atoms with Gasteiger partial charge in [0.05, 0.1) is 7.11 Å². The van der Waals surface area contributed by atoms with Crippen LogP contribution in [0.4, 0.5) is 13.2 Å². The van der Waals surface area contributed by atoms with Crippen LogP contribution in [0.2, 0.25) is 0 Å². The Morgan fingerprint density at radius 2 is 1.70 bits per heavy atom. The zero-order valence-electron chi connectivity index (χ0n) is 12.4. The second kappa shape index (κ2) is 7.13. The van der Waals surface area contributed by atoms with Crippen LogP contribution in [0, 0.1) is 0 Å². The second-order valence-corrected chi connectivity index (χ2v) is 4.82. The lowest BCUT2D eigenvalue weighted by Gasteiger charge is -2.18. The minimum atomic E-state index is -4.60. The molecule has 0 fully saturated rings. The molecule has 0 amide bonds. The number of allylic oxidation sites excluding steroid dienone is 1. The Bertz CT molecular complexity index is 704. The average Bonchev–Trinajstić information content (AvgIpc) is 2.55. The Labute approximate surface area is 132 Å². The molecule has 0 unspecified atom stereocenters. The Kier molecular flexibility index (Phi) is 5.21. The molecule has 0 aliphatic heterocycles. The van der Waals surface area contributed by atoms with E-state index in [1.54, 1.807) is 48.5 Å². The molecule has 0 bridgehead atoms. The van der Waals surface area contributed by atoms with Gasteiger partial charge < -0.3 is 9.53 Å². The first-order chi connectivity index (χ1) is 11.0. The van der Waals surface area contributed by atoms with Crippen LogP contribution in [0.25, 0.3) is 5.57 Å². The molecule has 2 aromatic rings. The molecular weight excluding hydrogens is 305 g/mol. The van der Waals surface area contributed by atoms with Gasteiger partial charge in [-0.3, -0.25) is 0 Å². The fourth-order valence-electron chi connectivity index (χ4n) is 2.34. The zero-order chi connectivity index (χ0) is 16.9. The topological polar surface area (TPSA) is 26.3 Å². The molecule has 0 saturated heterocycles. The van der Waals surface area contributed by atoms with Crippen LogP contribution in [0.15, 0.2) is 60.2 Å². The van der Waals surface area contributed by atoms with Crippen LogP contribution in [0.3, 0.4) is 0 Å². The molecule has 0 aromatic heterocycles. The molecular formula is C18H15F3O2. The predicted octanol–water partition coefficient (Wildman–Crippen LogP) is 4.65. The summed E-state index contributed by atoms with van der Waals surface area (Å²) < 4.78 is 45.5. The van der Waals surface area contributed by atoms with Crippen LogP contribution in [0.1, 0.15) is 17.5 Å². The third-order valence-electron chi connectivity index (χ3n) is 3.35. The Morgan fingerprint density at radius 3 is 2.26 bits per heavy atom. The number of ether oxygens (including phenoxy) is 1. The molecule has 0 saturated carbocycles. The van der Waals surface area contributed by atoms with Crippen molar-refractivity contribution in [3.8, 4) is 5.75 Å². The van der Waals surface area contributed by atoms with Crippen LogP contribution in [0.5, 0.6) is 5.75 Å². The molecule has 0 heterocycles. The molecule has 120 valence electrons. The van der Waals surface area contributed by atoms with E-state index in [9.17, 15) is 18.0 Å². The average molecular weight is 320 g/mol. The number of hydrogen-bond acceptors (Lipinski definition) is 2. The van der Waals surface area contributed by atoms with E-state index in [0.717, 1.165) is 0 Å². The highest BCUT2D eigenvalue weighted by molar-refractivity contribution is 5.85. The van der Waals surface area contributed by atoms with E-state index < -0.39 is 18.2 Å². The molecule has 0 aliphatic rings. The lowest BCUT2D eigenvalue weighted by molar-refractivity contribution is -0.113. The van der Waals surface area contributed by atoms with Crippen molar-refractivity contribution >= 4 is 11.9 Å². The fourth-order valence-corrected chi connectivity index (χ4v) is 2.34. The summed E-state index contributed by atoms with van der Waals surface area (Å²) in [6.07, 6.45) is -5.04. The van der Waals surface area contributed by atoms with E-state index in [2.05, 4.69) is 0 Å². The highest BCUT2D eigenvalue weighted by Gasteiger charge is 2.36. The van der Waals surface area contributed by atoms with Gasteiger partial charge in [0.15, 0.2) is 0 Å². The third-order valence-corrected chi connectivity index (χ3v) is 3.35. The smallest absolute Gasteiger partial charge is 0.413 e. The van der Waals surface area contributed by atoms with Crippen molar-refractivity contribution in [3.05, 3.63) is 71.3 Å². The van der Waals surface area contributed by atoms with E-state index in [-0.39, 0.29) is 11.9 Å². The van der Waals surface area contributed by atoms with Crippen molar-refractivity contribution < 1.29 is 22.7 Å². The van der Waals surface area contributed by atoms with Gasteiger partial charge in [-0.25, -0.2) is 0 Å². The molecule has 2 aromatic carbocycles. The van der Waals surface area contributed by atoms with Crippen LogP contribution < -0.4 is 4.74 Å². The Balaban J connectivity index is 2.76. The number of halogens is 3. The molecule has 23 heavy (non-hydrogen) atoms. The van der Waals surface area contributed by atoms with Crippen molar-refractivity contribution in [2.24, 2.45) is 0 Å². The number of aldehydes is 1. The van der Waals surface area contributed by atoms with Crippen molar-refractivity contribution in [1.29, 1.82) is 0 Å². The number of carbonyl (C=O) groups excluding carboxylic acids is 1.